The molecule has 8 nitrogen and oxygen atoms in total. The third-order valence-corrected chi connectivity index (χ3v) is 6.45. The molecule has 0 unspecified atom stereocenters. The second kappa shape index (κ2) is 9.40. The number of sulfonamides is 1. The summed E-state index contributed by atoms with van der Waals surface area (Å²) in [6.07, 6.45) is -0.0430. The molecule has 34 heavy (non-hydrogen) atoms. The number of fused-ring (bicyclic) bond motifs is 1. The topological polar surface area (TPSA) is 114 Å². The average Bonchev–Trinajstić information content (AvgIpc) is 2.83. The second-order valence-electron chi connectivity index (χ2n) is 7.53. The van der Waals surface area contributed by atoms with Gasteiger partial charge in [0.25, 0.3) is 10.0 Å². The number of Topliss-reactive ketones (excluding diaryl/α,β-unsaturated/α-hetero) is 1. The number of ketones is 1. The Morgan fingerprint density at radius 1 is 0.912 bits per heavy atom. The van der Waals surface area contributed by atoms with Crippen LogP contribution in [0.5, 0.6) is 5.75 Å². The van der Waals surface area contributed by atoms with Gasteiger partial charge in [0.15, 0.2) is 0 Å². The van der Waals surface area contributed by atoms with E-state index in [9.17, 15) is 18.0 Å². The summed E-state index contributed by atoms with van der Waals surface area (Å²) in [5.74, 6) is 0.0403. The van der Waals surface area contributed by atoms with Crippen LogP contribution in [0.1, 0.15) is 29.3 Å². The number of hydrogen-bond donors (Lipinski definition) is 1. The molecule has 0 aromatic heterocycles. The van der Waals surface area contributed by atoms with E-state index in [0.717, 1.165) is 0 Å². The van der Waals surface area contributed by atoms with Gasteiger partial charge in [-0.1, -0.05) is 24.3 Å². The van der Waals surface area contributed by atoms with Crippen molar-refractivity contribution in [3.05, 3.63) is 83.9 Å². The largest absolute Gasteiger partial charge is 0.497 e. The monoisotopic (exact) mass is 475 g/mol. The van der Waals surface area contributed by atoms with Gasteiger partial charge in [0.05, 0.1) is 29.1 Å². The number of hydrogen-bond acceptors (Lipinski definition) is 6. The number of aliphatic imine (C=N–C) groups is 1. The van der Waals surface area contributed by atoms with Crippen molar-refractivity contribution in [1.82, 2.24) is 0 Å². The number of rotatable bonds is 5. The van der Waals surface area contributed by atoms with Crippen LogP contribution in [0.2, 0.25) is 0 Å². The number of amides is 1. The van der Waals surface area contributed by atoms with Crippen LogP contribution < -0.4 is 10.1 Å². The number of methoxy groups -OCH3 is 1. The van der Waals surface area contributed by atoms with Crippen molar-refractivity contribution in [3.63, 3.8) is 0 Å². The molecule has 1 aliphatic carbocycles. The van der Waals surface area contributed by atoms with Gasteiger partial charge in [-0.25, -0.2) is 4.99 Å². The Morgan fingerprint density at radius 2 is 1.56 bits per heavy atom. The van der Waals surface area contributed by atoms with Crippen molar-refractivity contribution in [1.29, 1.82) is 0 Å². The highest BCUT2D eigenvalue weighted by Crippen LogP contribution is 2.26. The molecule has 0 atom stereocenters. The maximum absolute atomic E-state index is 13.1. The molecule has 1 amide bonds. The normalized spacial score (nSPS) is 15.8. The van der Waals surface area contributed by atoms with Gasteiger partial charge in [0, 0.05) is 30.2 Å². The predicted octanol–water partition coefficient (Wildman–Crippen LogP) is 4.19. The molecular formula is C25H21N3O5S. The fraction of sp³-hybridized carbons (Fsp3) is 0.120. The Labute approximate surface area is 197 Å². The standard InChI is InChI=1S/C25H21N3O5S/c1-16(29)26-17-7-9-18(10-8-17)27-24-15-23(21-5-3-4-6-22(21)25(24)30)28-34(31,32)20-13-11-19(33-2)12-14-20/h3-14H,15H2,1-2H3,(H,26,29)/b27-24?,28-23-. The number of carbonyl (C=O) groups excluding carboxylic acids is 2. The van der Waals surface area contributed by atoms with E-state index >= 15 is 0 Å². The van der Waals surface area contributed by atoms with Crippen LogP contribution >= 0.6 is 0 Å². The molecule has 1 aliphatic rings. The Hall–Kier alpha value is -4.11. The number of nitrogens with zero attached hydrogens (tertiary/aromatic N) is 2. The predicted molar refractivity (Wildman–Crippen MR) is 130 cm³/mol. The average molecular weight is 476 g/mol. The van der Waals surface area contributed by atoms with Gasteiger partial charge in [-0.05, 0) is 48.5 Å². The summed E-state index contributed by atoms with van der Waals surface area (Å²) in [5.41, 5.74) is 2.31. The molecule has 0 saturated heterocycles. The fourth-order valence-electron chi connectivity index (χ4n) is 3.52. The van der Waals surface area contributed by atoms with Gasteiger partial charge in [0.2, 0.25) is 11.7 Å². The SMILES string of the molecule is COc1ccc(S(=O)(=O)/N=C2/CC(=Nc3ccc(NC(C)=O)cc3)C(=O)c3ccccc32)cc1. The summed E-state index contributed by atoms with van der Waals surface area (Å²) in [7, 11) is -2.54. The second-order valence-corrected chi connectivity index (χ2v) is 9.13. The number of ether oxygens (including phenoxy) is 1. The van der Waals surface area contributed by atoms with E-state index in [1.165, 1.54) is 26.2 Å². The number of carbonyl (C=O) groups is 2. The number of benzene rings is 3. The highest BCUT2D eigenvalue weighted by molar-refractivity contribution is 7.90. The van der Waals surface area contributed by atoms with Crippen LogP contribution in [0.25, 0.3) is 0 Å². The van der Waals surface area contributed by atoms with Crippen molar-refractivity contribution in [2.45, 2.75) is 18.2 Å². The number of anilines is 1. The van der Waals surface area contributed by atoms with Crippen molar-refractivity contribution in [2.24, 2.45) is 9.39 Å². The molecular weight excluding hydrogens is 454 g/mol. The lowest BCUT2D eigenvalue weighted by Gasteiger charge is -2.18. The lowest BCUT2D eigenvalue weighted by molar-refractivity contribution is -0.114. The minimum absolute atomic E-state index is 0.0160. The first-order valence-electron chi connectivity index (χ1n) is 10.3. The summed E-state index contributed by atoms with van der Waals surface area (Å²) in [6.45, 7) is 1.41. The maximum Gasteiger partial charge on any atom is 0.282 e. The van der Waals surface area contributed by atoms with E-state index in [0.29, 0.717) is 28.3 Å². The molecule has 0 fully saturated rings. The Balaban J connectivity index is 1.73. The van der Waals surface area contributed by atoms with Gasteiger partial charge >= 0.3 is 0 Å². The van der Waals surface area contributed by atoms with E-state index in [4.69, 9.17) is 4.74 Å². The minimum atomic E-state index is -4.03. The molecule has 172 valence electrons. The molecule has 0 aliphatic heterocycles. The maximum atomic E-state index is 13.1. The smallest absolute Gasteiger partial charge is 0.282 e. The van der Waals surface area contributed by atoms with Crippen molar-refractivity contribution < 1.29 is 22.7 Å². The van der Waals surface area contributed by atoms with Crippen LogP contribution in [0, 0.1) is 0 Å². The zero-order valence-corrected chi connectivity index (χ0v) is 19.3. The molecule has 9 heteroatoms. The molecule has 1 N–H and O–H groups in total. The lowest BCUT2D eigenvalue weighted by Crippen LogP contribution is -2.28. The molecule has 0 heterocycles. The molecule has 0 radical (unpaired) electrons. The van der Waals surface area contributed by atoms with E-state index in [2.05, 4.69) is 14.7 Å². The van der Waals surface area contributed by atoms with E-state index in [-0.39, 0.29) is 34.4 Å². The summed E-state index contributed by atoms with van der Waals surface area (Å²) in [4.78, 5) is 28.8. The van der Waals surface area contributed by atoms with Gasteiger partial charge in [0.1, 0.15) is 5.75 Å². The van der Waals surface area contributed by atoms with Gasteiger partial charge in [-0.15, -0.1) is 0 Å². The lowest BCUT2D eigenvalue weighted by atomic mass is 9.87. The van der Waals surface area contributed by atoms with Crippen LogP contribution in [-0.2, 0) is 14.8 Å². The van der Waals surface area contributed by atoms with Crippen LogP contribution in [0.15, 0.2) is 87.1 Å². The van der Waals surface area contributed by atoms with Crippen LogP contribution in [0.3, 0.4) is 0 Å². The number of nitrogens with one attached hydrogen (secondary N) is 1. The van der Waals surface area contributed by atoms with E-state index in [1.807, 2.05) is 0 Å². The summed E-state index contributed by atoms with van der Waals surface area (Å²) in [6, 6.07) is 19.3. The Morgan fingerprint density at radius 3 is 2.18 bits per heavy atom. The molecule has 3 aromatic rings. The van der Waals surface area contributed by atoms with Gasteiger partial charge in [-0.2, -0.15) is 12.8 Å². The van der Waals surface area contributed by atoms with Crippen molar-refractivity contribution in [3.8, 4) is 5.75 Å². The highest BCUT2D eigenvalue weighted by atomic mass is 32.2. The van der Waals surface area contributed by atoms with Gasteiger partial charge in [-0.3, -0.25) is 9.59 Å². The summed E-state index contributed by atoms with van der Waals surface area (Å²) in [5, 5.41) is 2.66. The zero-order valence-electron chi connectivity index (χ0n) is 18.5. The van der Waals surface area contributed by atoms with E-state index in [1.54, 1.807) is 60.7 Å². The molecule has 0 spiro atoms. The summed E-state index contributed by atoms with van der Waals surface area (Å²) < 4.78 is 35.1. The fourth-order valence-corrected chi connectivity index (χ4v) is 4.56. The molecule has 0 saturated carbocycles. The van der Waals surface area contributed by atoms with Crippen molar-refractivity contribution in [2.75, 3.05) is 12.4 Å². The quantitative estimate of drug-likeness (QED) is 0.594. The van der Waals surface area contributed by atoms with E-state index < -0.39 is 10.0 Å². The van der Waals surface area contributed by atoms with Crippen LogP contribution in [0.4, 0.5) is 11.4 Å². The summed E-state index contributed by atoms with van der Waals surface area (Å²) >= 11 is 0. The van der Waals surface area contributed by atoms with Crippen LogP contribution in [-0.4, -0.2) is 38.6 Å². The molecule has 0 bridgehead atoms. The first-order chi connectivity index (χ1) is 16.3. The third-order valence-electron chi connectivity index (χ3n) is 5.12. The Kier molecular flexibility index (Phi) is 6.38. The zero-order chi connectivity index (χ0) is 24.3. The van der Waals surface area contributed by atoms with Crippen molar-refractivity contribution >= 4 is 44.5 Å². The first kappa shape index (κ1) is 23.1. The molecule has 4 rings (SSSR count). The third kappa shape index (κ3) is 4.94. The van der Waals surface area contributed by atoms with Gasteiger partial charge < -0.3 is 10.1 Å². The molecule has 3 aromatic carbocycles. The minimum Gasteiger partial charge on any atom is -0.497 e. The Bertz CT molecular complexity index is 1420. The first-order valence-corrected chi connectivity index (χ1v) is 11.8. The highest BCUT2D eigenvalue weighted by Gasteiger charge is 2.29.